The third kappa shape index (κ3) is 2.88. The maximum absolute atomic E-state index is 13.1. The fourth-order valence-electron chi connectivity index (χ4n) is 1.15. The number of ether oxygens (including phenoxy) is 1. The Morgan fingerprint density at radius 3 is 1.83 bits per heavy atom. The number of halogens is 5. The highest BCUT2D eigenvalue weighted by Gasteiger charge is 2.26. The molecular formula is C10H9F5N2O. The van der Waals surface area contributed by atoms with Crippen LogP contribution >= 0.6 is 0 Å². The highest BCUT2D eigenvalue weighted by Crippen LogP contribution is 2.29. The molecule has 1 aromatic carbocycles. The lowest BCUT2D eigenvalue weighted by molar-refractivity contribution is 0.260. The van der Waals surface area contributed by atoms with Crippen LogP contribution < -0.4 is 10.5 Å². The van der Waals surface area contributed by atoms with E-state index in [1.807, 2.05) is 0 Å². The molecule has 1 aromatic rings. The van der Waals surface area contributed by atoms with Crippen molar-refractivity contribution >= 4 is 5.84 Å². The predicted octanol–water partition coefficient (Wildman–Crippen LogP) is 2.48. The molecule has 0 saturated carbocycles. The lowest BCUT2D eigenvalue weighted by Crippen LogP contribution is -2.12. The first kappa shape index (κ1) is 14.2. The first-order valence-electron chi connectivity index (χ1n) is 4.83. The van der Waals surface area contributed by atoms with E-state index in [0.717, 1.165) is 0 Å². The molecule has 3 N–H and O–H groups in total. The minimum absolute atomic E-state index is 0.0927. The van der Waals surface area contributed by atoms with Crippen molar-refractivity contribution in [3.05, 3.63) is 29.1 Å². The van der Waals surface area contributed by atoms with E-state index >= 15 is 0 Å². The molecule has 100 valence electrons. The van der Waals surface area contributed by atoms with Crippen molar-refractivity contribution in [3.63, 3.8) is 0 Å². The molecule has 0 fully saturated rings. The summed E-state index contributed by atoms with van der Waals surface area (Å²) in [5.74, 6) is -11.9. The van der Waals surface area contributed by atoms with Crippen molar-refractivity contribution < 1.29 is 26.7 Å². The zero-order valence-corrected chi connectivity index (χ0v) is 9.00. The Kier molecular flexibility index (Phi) is 4.46. The van der Waals surface area contributed by atoms with Gasteiger partial charge in [0.25, 0.3) is 0 Å². The second kappa shape index (κ2) is 5.65. The molecule has 8 heteroatoms. The maximum Gasteiger partial charge on any atom is 0.206 e. The Morgan fingerprint density at radius 1 is 0.944 bits per heavy atom. The summed E-state index contributed by atoms with van der Waals surface area (Å²) in [5, 5.41) is 6.86. The summed E-state index contributed by atoms with van der Waals surface area (Å²) in [6.07, 6.45) is 0.213. The van der Waals surface area contributed by atoms with E-state index in [1.54, 1.807) is 0 Å². The van der Waals surface area contributed by atoms with Gasteiger partial charge in [-0.1, -0.05) is 0 Å². The Balaban J connectivity index is 2.86. The Labute approximate surface area is 98.9 Å². The van der Waals surface area contributed by atoms with Gasteiger partial charge in [-0.05, 0) is 6.42 Å². The smallest absolute Gasteiger partial charge is 0.206 e. The number of amidine groups is 1. The number of hydrogen-bond donors (Lipinski definition) is 2. The molecule has 0 heterocycles. The van der Waals surface area contributed by atoms with Gasteiger partial charge in [-0.2, -0.15) is 8.78 Å². The number of nitrogens with two attached hydrogens (primary N) is 1. The van der Waals surface area contributed by atoms with E-state index in [9.17, 15) is 22.0 Å². The van der Waals surface area contributed by atoms with Gasteiger partial charge in [-0.25, -0.2) is 13.2 Å². The second-order valence-electron chi connectivity index (χ2n) is 3.38. The van der Waals surface area contributed by atoms with Gasteiger partial charge < -0.3 is 10.5 Å². The van der Waals surface area contributed by atoms with Gasteiger partial charge in [-0.3, -0.25) is 5.41 Å². The van der Waals surface area contributed by atoms with E-state index < -0.39 is 34.8 Å². The Hall–Kier alpha value is -1.86. The van der Waals surface area contributed by atoms with E-state index in [-0.39, 0.29) is 25.3 Å². The Bertz CT molecular complexity index is 449. The zero-order valence-electron chi connectivity index (χ0n) is 9.00. The van der Waals surface area contributed by atoms with Crippen molar-refractivity contribution in [2.75, 3.05) is 6.61 Å². The summed E-state index contributed by atoms with van der Waals surface area (Å²) < 4.78 is 68.8. The molecule has 0 spiro atoms. The molecule has 0 aromatic heterocycles. The summed E-state index contributed by atoms with van der Waals surface area (Å²) >= 11 is 0. The molecule has 0 aliphatic rings. The number of nitrogens with one attached hydrogen (secondary N) is 1. The van der Waals surface area contributed by atoms with Crippen LogP contribution in [0.4, 0.5) is 22.0 Å². The van der Waals surface area contributed by atoms with Gasteiger partial charge in [0.1, 0.15) is 0 Å². The van der Waals surface area contributed by atoms with E-state index in [2.05, 4.69) is 4.74 Å². The van der Waals surface area contributed by atoms with Crippen molar-refractivity contribution in [2.45, 2.75) is 12.8 Å². The van der Waals surface area contributed by atoms with Gasteiger partial charge in [0.2, 0.25) is 29.1 Å². The fourth-order valence-corrected chi connectivity index (χ4v) is 1.15. The monoisotopic (exact) mass is 268 g/mol. The molecule has 0 amide bonds. The topological polar surface area (TPSA) is 59.1 Å². The average molecular weight is 268 g/mol. The lowest BCUT2D eigenvalue weighted by Gasteiger charge is -2.09. The number of rotatable bonds is 5. The average Bonchev–Trinajstić information content (AvgIpc) is 2.32. The molecule has 0 saturated heterocycles. The van der Waals surface area contributed by atoms with Crippen molar-refractivity contribution in [3.8, 4) is 5.75 Å². The first-order valence-corrected chi connectivity index (χ1v) is 4.83. The van der Waals surface area contributed by atoms with Crippen LogP contribution in [0.3, 0.4) is 0 Å². The van der Waals surface area contributed by atoms with Crippen LogP contribution in [0.1, 0.15) is 12.8 Å². The molecule has 18 heavy (non-hydrogen) atoms. The van der Waals surface area contributed by atoms with Crippen LogP contribution in [0, 0.1) is 34.5 Å². The van der Waals surface area contributed by atoms with Crippen LogP contribution in [0.25, 0.3) is 0 Å². The lowest BCUT2D eigenvalue weighted by atomic mass is 10.2. The summed E-state index contributed by atoms with van der Waals surface area (Å²) in [5.41, 5.74) is 5.01. The second-order valence-corrected chi connectivity index (χ2v) is 3.38. The molecule has 1 rings (SSSR count). The van der Waals surface area contributed by atoms with Crippen molar-refractivity contribution in [1.29, 1.82) is 5.41 Å². The van der Waals surface area contributed by atoms with Crippen LogP contribution in [-0.4, -0.2) is 12.4 Å². The SMILES string of the molecule is N=C(N)CCCOc1c(F)c(F)c(F)c(F)c1F. The third-order valence-electron chi connectivity index (χ3n) is 2.01. The van der Waals surface area contributed by atoms with Crippen LogP contribution in [0.2, 0.25) is 0 Å². The summed E-state index contributed by atoms with van der Waals surface area (Å²) in [7, 11) is 0. The predicted molar refractivity (Wildman–Crippen MR) is 52.9 cm³/mol. The molecule has 0 radical (unpaired) electrons. The van der Waals surface area contributed by atoms with E-state index in [0.29, 0.717) is 0 Å². The molecule has 0 aliphatic carbocycles. The first-order chi connectivity index (χ1) is 8.36. The highest BCUT2D eigenvalue weighted by molar-refractivity contribution is 5.76. The summed E-state index contributed by atoms with van der Waals surface area (Å²) in [6.45, 7) is -0.321. The minimum Gasteiger partial charge on any atom is -0.487 e. The van der Waals surface area contributed by atoms with E-state index in [4.69, 9.17) is 11.1 Å². The Morgan fingerprint density at radius 2 is 1.39 bits per heavy atom. The molecule has 0 atom stereocenters. The maximum atomic E-state index is 13.1. The number of hydrogen-bond acceptors (Lipinski definition) is 2. The molecule has 0 bridgehead atoms. The zero-order chi connectivity index (χ0) is 13.9. The summed E-state index contributed by atoms with van der Waals surface area (Å²) in [6, 6.07) is 0. The molecule has 0 unspecified atom stereocenters. The van der Waals surface area contributed by atoms with Crippen LogP contribution in [0.5, 0.6) is 5.75 Å². The molecule has 3 nitrogen and oxygen atoms in total. The minimum atomic E-state index is -2.24. The third-order valence-corrected chi connectivity index (χ3v) is 2.01. The highest BCUT2D eigenvalue weighted by atomic mass is 19.2. The van der Waals surface area contributed by atoms with Gasteiger partial charge >= 0.3 is 0 Å². The quantitative estimate of drug-likeness (QED) is 0.215. The van der Waals surface area contributed by atoms with Crippen molar-refractivity contribution in [1.82, 2.24) is 0 Å². The van der Waals surface area contributed by atoms with E-state index in [1.165, 1.54) is 0 Å². The van der Waals surface area contributed by atoms with Crippen LogP contribution in [-0.2, 0) is 0 Å². The van der Waals surface area contributed by atoms with Crippen LogP contribution in [0.15, 0.2) is 0 Å². The van der Waals surface area contributed by atoms with Gasteiger partial charge in [-0.15, -0.1) is 0 Å². The summed E-state index contributed by atoms with van der Waals surface area (Å²) in [4.78, 5) is 0. The van der Waals surface area contributed by atoms with Crippen molar-refractivity contribution in [2.24, 2.45) is 5.73 Å². The van der Waals surface area contributed by atoms with Gasteiger partial charge in [0.15, 0.2) is 5.75 Å². The fraction of sp³-hybridized carbons (Fsp3) is 0.300. The van der Waals surface area contributed by atoms with Gasteiger partial charge in [0, 0.05) is 6.42 Å². The normalized spacial score (nSPS) is 10.5. The molecular weight excluding hydrogens is 259 g/mol. The van der Waals surface area contributed by atoms with Gasteiger partial charge in [0.05, 0.1) is 12.4 Å². The largest absolute Gasteiger partial charge is 0.487 e. The standard InChI is InChI=1S/C10H9F5N2O/c11-5-6(12)8(14)10(9(15)7(5)13)18-3-1-2-4(16)17/h1-3H2,(H3,16,17). The molecule has 0 aliphatic heterocycles. The number of benzene rings is 1.